The molecule has 0 aromatic carbocycles. The molecule has 0 spiro atoms. The molecule has 1 atom stereocenters. The van der Waals surface area contributed by atoms with Crippen LogP contribution in [-0.2, 0) is 10.2 Å². The molecule has 1 unspecified atom stereocenters. The number of ether oxygens (including phenoxy) is 1. The number of morpholine rings is 1. The number of nitrogens with zero attached hydrogens (tertiary/aromatic N) is 3. The first-order valence-corrected chi connectivity index (χ1v) is 6.89. The van der Waals surface area contributed by atoms with E-state index in [0.29, 0.717) is 11.6 Å². The summed E-state index contributed by atoms with van der Waals surface area (Å²) >= 11 is 0. The SMILES string of the molecule is CCN1CCOC(c2nc(N)cc(C(C)(C)C)n2)C1. The normalized spacial score (nSPS) is 21.6. The summed E-state index contributed by atoms with van der Waals surface area (Å²) < 4.78 is 5.80. The number of likely N-dealkylation sites (N-methyl/N-ethyl adjacent to an activating group) is 1. The Morgan fingerprint density at radius 3 is 2.79 bits per heavy atom. The zero-order chi connectivity index (χ0) is 14.0. The predicted molar refractivity (Wildman–Crippen MR) is 76.0 cm³/mol. The summed E-state index contributed by atoms with van der Waals surface area (Å²) in [5.41, 5.74) is 6.84. The molecule has 0 saturated carbocycles. The summed E-state index contributed by atoms with van der Waals surface area (Å²) in [6, 6.07) is 1.85. The summed E-state index contributed by atoms with van der Waals surface area (Å²) in [4.78, 5) is 11.4. The van der Waals surface area contributed by atoms with Crippen LogP contribution in [0.3, 0.4) is 0 Å². The van der Waals surface area contributed by atoms with Gasteiger partial charge < -0.3 is 10.5 Å². The van der Waals surface area contributed by atoms with Crippen molar-refractivity contribution in [3.8, 4) is 0 Å². The molecule has 1 saturated heterocycles. The lowest BCUT2D eigenvalue weighted by atomic mass is 9.92. The van der Waals surface area contributed by atoms with Crippen LogP contribution >= 0.6 is 0 Å². The van der Waals surface area contributed by atoms with Gasteiger partial charge in [-0.1, -0.05) is 27.7 Å². The molecule has 0 amide bonds. The average Bonchev–Trinajstić information content (AvgIpc) is 2.37. The highest BCUT2D eigenvalue weighted by Gasteiger charge is 2.25. The van der Waals surface area contributed by atoms with Crippen LogP contribution in [-0.4, -0.2) is 41.1 Å². The Morgan fingerprint density at radius 1 is 1.42 bits per heavy atom. The van der Waals surface area contributed by atoms with E-state index in [9.17, 15) is 0 Å². The highest BCUT2D eigenvalue weighted by Crippen LogP contribution is 2.25. The first kappa shape index (κ1) is 14.2. The average molecular weight is 264 g/mol. The fraction of sp³-hybridized carbons (Fsp3) is 0.714. The number of nitrogen functional groups attached to an aromatic ring is 1. The highest BCUT2D eigenvalue weighted by molar-refractivity contribution is 5.33. The van der Waals surface area contributed by atoms with Crippen LogP contribution in [0.25, 0.3) is 0 Å². The van der Waals surface area contributed by atoms with Gasteiger partial charge in [0, 0.05) is 24.6 Å². The molecular formula is C14H24N4O. The molecule has 5 nitrogen and oxygen atoms in total. The van der Waals surface area contributed by atoms with Crippen molar-refractivity contribution < 1.29 is 4.74 Å². The third kappa shape index (κ3) is 3.42. The molecule has 2 heterocycles. The van der Waals surface area contributed by atoms with E-state index in [-0.39, 0.29) is 11.5 Å². The van der Waals surface area contributed by atoms with Crippen LogP contribution in [0.15, 0.2) is 6.07 Å². The van der Waals surface area contributed by atoms with Gasteiger partial charge in [-0.3, -0.25) is 4.90 Å². The minimum Gasteiger partial charge on any atom is -0.384 e. The Bertz CT molecular complexity index is 442. The highest BCUT2D eigenvalue weighted by atomic mass is 16.5. The van der Waals surface area contributed by atoms with Crippen molar-refractivity contribution in [2.45, 2.75) is 39.2 Å². The topological polar surface area (TPSA) is 64.3 Å². The Hall–Kier alpha value is -1.20. The van der Waals surface area contributed by atoms with Gasteiger partial charge in [0.25, 0.3) is 0 Å². The third-order valence-corrected chi connectivity index (χ3v) is 3.42. The molecule has 1 aromatic heterocycles. The molecule has 2 N–H and O–H groups in total. The fourth-order valence-electron chi connectivity index (χ4n) is 2.16. The number of hydrogen-bond acceptors (Lipinski definition) is 5. The van der Waals surface area contributed by atoms with Crippen LogP contribution < -0.4 is 5.73 Å². The van der Waals surface area contributed by atoms with Gasteiger partial charge in [0.1, 0.15) is 11.9 Å². The van der Waals surface area contributed by atoms with Gasteiger partial charge in [-0.2, -0.15) is 0 Å². The molecule has 1 aromatic rings. The third-order valence-electron chi connectivity index (χ3n) is 3.42. The van der Waals surface area contributed by atoms with Gasteiger partial charge in [0.15, 0.2) is 5.82 Å². The van der Waals surface area contributed by atoms with E-state index in [1.807, 2.05) is 6.07 Å². The second-order valence-electron chi connectivity index (χ2n) is 6.04. The molecule has 1 fully saturated rings. The van der Waals surface area contributed by atoms with Crippen molar-refractivity contribution in [1.29, 1.82) is 0 Å². The summed E-state index contributed by atoms with van der Waals surface area (Å²) in [5, 5.41) is 0. The lowest BCUT2D eigenvalue weighted by Crippen LogP contribution is -2.38. The molecule has 0 aliphatic carbocycles. The van der Waals surface area contributed by atoms with E-state index in [2.05, 4.69) is 42.6 Å². The number of aromatic nitrogens is 2. The molecule has 0 radical (unpaired) electrons. The van der Waals surface area contributed by atoms with Crippen LogP contribution in [0.1, 0.15) is 45.3 Å². The van der Waals surface area contributed by atoms with Gasteiger partial charge in [0.2, 0.25) is 0 Å². The minimum absolute atomic E-state index is 0.0368. The first-order valence-electron chi connectivity index (χ1n) is 6.89. The van der Waals surface area contributed by atoms with Gasteiger partial charge >= 0.3 is 0 Å². The van der Waals surface area contributed by atoms with Crippen LogP contribution in [0, 0.1) is 0 Å². The van der Waals surface area contributed by atoms with E-state index in [0.717, 1.165) is 31.9 Å². The van der Waals surface area contributed by atoms with E-state index >= 15 is 0 Å². The van der Waals surface area contributed by atoms with Crippen molar-refractivity contribution in [3.63, 3.8) is 0 Å². The number of anilines is 1. The van der Waals surface area contributed by atoms with Gasteiger partial charge in [0.05, 0.1) is 12.3 Å². The molecule has 5 heteroatoms. The lowest BCUT2D eigenvalue weighted by molar-refractivity contribution is -0.0326. The number of rotatable bonds is 2. The smallest absolute Gasteiger partial charge is 0.161 e. The molecule has 106 valence electrons. The van der Waals surface area contributed by atoms with Crippen LogP contribution in [0.5, 0.6) is 0 Å². The monoisotopic (exact) mass is 264 g/mol. The van der Waals surface area contributed by atoms with Crippen molar-refractivity contribution in [2.75, 3.05) is 32.0 Å². The molecule has 1 aliphatic heterocycles. The largest absolute Gasteiger partial charge is 0.384 e. The maximum atomic E-state index is 5.91. The maximum absolute atomic E-state index is 5.91. The van der Waals surface area contributed by atoms with Crippen LogP contribution in [0.2, 0.25) is 0 Å². The molecule has 1 aliphatic rings. The van der Waals surface area contributed by atoms with E-state index < -0.39 is 0 Å². The van der Waals surface area contributed by atoms with Crippen LogP contribution in [0.4, 0.5) is 5.82 Å². The Labute approximate surface area is 115 Å². The lowest BCUT2D eigenvalue weighted by Gasteiger charge is -2.31. The molecule has 2 rings (SSSR count). The number of hydrogen-bond donors (Lipinski definition) is 1. The van der Waals surface area contributed by atoms with E-state index in [1.165, 1.54) is 0 Å². The standard InChI is InChI=1S/C14H24N4O/c1-5-18-6-7-19-10(9-18)13-16-11(14(2,3)4)8-12(15)17-13/h8,10H,5-7,9H2,1-4H3,(H2,15,16,17). The summed E-state index contributed by atoms with van der Waals surface area (Å²) in [5.74, 6) is 1.23. The molecule has 19 heavy (non-hydrogen) atoms. The predicted octanol–water partition coefficient (Wildman–Crippen LogP) is 1.75. The zero-order valence-electron chi connectivity index (χ0n) is 12.3. The van der Waals surface area contributed by atoms with Gasteiger partial charge in [-0.15, -0.1) is 0 Å². The Morgan fingerprint density at radius 2 is 2.16 bits per heavy atom. The van der Waals surface area contributed by atoms with Crippen molar-refractivity contribution in [2.24, 2.45) is 0 Å². The van der Waals surface area contributed by atoms with E-state index in [1.54, 1.807) is 0 Å². The van der Waals surface area contributed by atoms with Crippen molar-refractivity contribution in [1.82, 2.24) is 14.9 Å². The quantitative estimate of drug-likeness (QED) is 0.881. The Balaban J connectivity index is 2.26. The molecular weight excluding hydrogens is 240 g/mol. The van der Waals surface area contributed by atoms with Crippen molar-refractivity contribution in [3.05, 3.63) is 17.6 Å². The van der Waals surface area contributed by atoms with Crippen molar-refractivity contribution >= 4 is 5.82 Å². The van der Waals surface area contributed by atoms with E-state index in [4.69, 9.17) is 10.5 Å². The summed E-state index contributed by atoms with van der Waals surface area (Å²) in [7, 11) is 0. The maximum Gasteiger partial charge on any atom is 0.161 e. The van der Waals surface area contributed by atoms with Gasteiger partial charge in [-0.05, 0) is 6.54 Å². The second-order valence-corrected chi connectivity index (χ2v) is 6.04. The summed E-state index contributed by atoms with van der Waals surface area (Å²) in [6.45, 7) is 12.1. The summed E-state index contributed by atoms with van der Waals surface area (Å²) in [6.07, 6.45) is -0.0710. The number of nitrogens with two attached hydrogens (primary N) is 1. The fourth-order valence-corrected chi connectivity index (χ4v) is 2.16. The van der Waals surface area contributed by atoms with Gasteiger partial charge in [-0.25, -0.2) is 9.97 Å². The Kier molecular flexibility index (Phi) is 4.06. The minimum atomic E-state index is -0.0710. The molecule has 0 bridgehead atoms. The second kappa shape index (κ2) is 5.43. The zero-order valence-corrected chi connectivity index (χ0v) is 12.3. The first-order chi connectivity index (χ1) is 8.90.